The molecule has 0 bridgehead atoms. The zero-order chi connectivity index (χ0) is 14.0. The minimum absolute atomic E-state index is 0.531. The van der Waals surface area contributed by atoms with E-state index in [4.69, 9.17) is 4.74 Å². The molecule has 0 saturated heterocycles. The molecule has 0 fully saturated rings. The van der Waals surface area contributed by atoms with Gasteiger partial charge in [0.25, 0.3) is 0 Å². The lowest BCUT2D eigenvalue weighted by atomic mass is 10.0. The maximum absolute atomic E-state index is 5.34. The van der Waals surface area contributed by atoms with Crippen molar-refractivity contribution in [3.63, 3.8) is 0 Å². The van der Waals surface area contributed by atoms with Crippen molar-refractivity contribution in [2.45, 2.75) is 51.7 Å². The summed E-state index contributed by atoms with van der Waals surface area (Å²) in [6.45, 7) is 6.80. The lowest BCUT2D eigenvalue weighted by Crippen LogP contribution is -2.41. The topological polar surface area (TPSA) is 24.5 Å². The Hall–Kier alpha value is -1.22. The zero-order valence-corrected chi connectivity index (χ0v) is 12.7. The Kier molecular flexibility index (Phi) is 4.35. The second-order valence-corrected chi connectivity index (χ2v) is 5.78. The van der Waals surface area contributed by atoms with Crippen LogP contribution in [0.3, 0.4) is 0 Å². The molecule has 1 aliphatic rings. The maximum atomic E-state index is 5.34. The average Bonchev–Trinajstić information content (AvgIpc) is 2.74. The summed E-state index contributed by atoms with van der Waals surface area (Å²) in [6, 6.07) is 8.13. The Labute approximate surface area is 116 Å². The zero-order valence-electron chi connectivity index (χ0n) is 12.7. The van der Waals surface area contributed by atoms with E-state index in [2.05, 4.69) is 49.2 Å². The van der Waals surface area contributed by atoms with E-state index in [1.165, 1.54) is 17.7 Å². The van der Waals surface area contributed by atoms with E-state index in [1.807, 2.05) is 7.05 Å². The van der Waals surface area contributed by atoms with Crippen LogP contribution in [0.1, 0.15) is 32.8 Å². The number of benzene rings is 1. The van der Waals surface area contributed by atoms with E-state index in [0.717, 1.165) is 12.2 Å². The number of anilines is 1. The fourth-order valence-electron chi connectivity index (χ4n) is 3.08. The molecule has 2 unspecified atom stereocenters. The van der Waals surface area contributed by atoms with Gasteiger partial charge in [-0.05, 0) is 64.4 Å². The van der Waals surface area contributed by atoms with Gasteiger partial charge in [0.1, 0.15) is 5.75 Å². The van der Waals surface area contributed by atoms with Crippen LogP contribution in [0, 0.1) is 0 Å². The van der Waals surface area contributed by atoms with Gasteiger partial charge in [-0.3, -0.25) is 0 Å². The number of nitrogens with one attached hydrogen (secondary N) is 1. The first-order valence-electron chi connectivity index (χ1n) is 7.19. The summed E-state index contributed by atoms with van der Waals surface area (Å²) in [5, 5.41) is 3.35. The standard InChI is InChI=1S/C16H26N2O/c1-11(2)18-14(8-12(3)17-4)9-13-10-15(19-5)6-7-16(13)18/h6-7,10-12,14,17H,8-9H2,1-5H3. The van der Waals surface area contributed by atoms with Crippen molar-refractivity contribution in [3.05, 3.63) is 23.8 Å². The minimum Gasteiger partial charge on any atom is -0.497 e. The Morgan fingerprint density at radius 1 is 1.37 bits per heavy atom. The molecule has 1 N–H and O–H groups in total. The summed E-state index contributed by atoms with van der Waals surface area (Å²) in [4.78, 5) is 2.56. The quantitative estimate of drug-likeness (QED) is 0.883. The van der Waals surface area contributed by atoms with Crippen molar-refractivity contribution in [2.24, 2.45) is 0 Å². The van der Waals surface area contributed by atoms with Gasteiger partial charge < -0.3 is 15.0 Å². The molecule has 0 saturated carbocycles. The van der Waals surface area contributed by atoms with Crippen molar-refractivity contribution in [1.82, 2.24) is 5.32 Å². The van der Waals surface area contributed by atoms with E-state index in [0.29, 0.717) is 18.1 Å². The van der Waals surface area contributed by atoms with Gasteiger partial charge in [0.15, 0.2) is 0 Å². The predicted octanol–water partition coefficient (Wildman–Crippen LogP) is 2.83. The molecular formula is C16H26N2O. The summed E-state index contributed by atoms with van der Waals surface area (Å²) in [5.41, 5.74) is 2.80. The SMILES string of the molecule is CNC(C)CC1Cc2cc(OC)ccc2N1C(C)C. The first kappa shape index (κ1) is 14.2. The molecule has 2 rings (SSSR count). The molecule has 0 aliphatic carbocycles. The average molecular weight is 262 g/mol. The highest BCUT2D eigenvalue weighted by molar-refractivity contribution is 5.62. The van der Waals surface area contributed by atoms with Crippen LogP contribution in [0.15, 0.2) is 18.2 Å². The fourth-order valence-corrected chi connectivity index (χ4v) is 3.08. The van der Waals surface area contributed by atoms with Crippen LogP contribution < -0.4 is 15.0 Å². The molecule has 0 amide bonds. The van der Waals surface area contributed by atoms with Gasteiger partial charge in [0, 0.05) is 23.8 Å². The number of methoxy groups -OCH3 is 1. The molecule has 0 radical (unpaired) electrons. The van der Waals surface area contributed by atoms with E-state index >= 15 is 0 Å². The third-order valence-electron chi connectivity index (χ3n) is 4.09. The third-order valence-corrected chi connectivity index (χ3v) is 4.09. The normalized spacial score (nSPS) is 19.7. The van der Waals surface area contributed by atoms with Crippen LogP contribution in [0.4, 0.5) is 5.69 Å². The molecule has 1 heterocycles. The Morgan fingerprint density at radius 3 is 2.68 bits per heavy atom. The smallest absolute Gasteiger partial charge is 0.119 e. The second kappa shape index (κ2) is 5.83. The molecule has 0 spiro atoms. The molecule has 106 valence electrons. The lowest BCUT2D eigenvalue weighted by molar-refractivity contribution is 0.414. The number of rotatable bonds is 5. The first-order chi connectivity index (χ1) is 9.06. The van der Waals surface area contributed by atoms with Crippen molar-refractivity contribution in [2.75, 3.05) is 19.1 Å². The van der Waals surface area contributed by atoms with Crippen LogP contribution in [-0.2, 0) is 6.42 Å². The van der Waals surface area contributed by atoms with Crippen molar-refractivity contribution in [3.8, 4) is 5.75 Å². The molecule has 1 aliphatic heterocycles. The number of hydrogen-bond acceptors (Lipinski definition) is 3. The molecular weight excluding hydrogens is 236 g/mol. The minimum atomic E-state index is 0.531. The number of nitrogens with zero attached hydrogens (tertiary/aromatic N) is 1. The van der Waals surface area contributed by atoms with Crippen LogP contribution in [0.25, 0.3) is 0 Å². The van der Waals surface area contributed by atoms with E-state index in [9.17, 15) is 0 Å². The summed E-state index contributed by atoms with van der Waals surface area (Å²) in [6.07, 6.45) is 2.29. The molecule has 3 heteroatoms. The Bertz CT molecular complexity index is 431. The third kappa shape index (κ3) is 2.86. The number of hydrogen-bond donors (Lipinski definition) is 1. The molecule has 1 aromatic carbocycles. The van der Waals surface area contributed by atoms with Gasteiger partial charge in [-0.1, -0.05) is 0 Å². The highest BCUT2D eigenvalue weighted by atomic mass is 16.5. The summed E-state index contributed by atoms with van der Waals surface area (Å²) in [7, 11) is 3.77. The van der Waals surface area contributed by atoms with E-state index in [1.54, 1.807) is 7.11 Å². The van der Waals surface area contributed by atoms with Gasteiger partial charge in [-0.2, -0.15) is 0 Å². The van der Waals surface area contributed by atoms with Crippen molar-refractivity contribution < 1.29 is 4.74 Å². The number of ether oxygens (including phenoxy) is 1. The van der Waals surface area contributed by atoms with Gasteiger partial charge in [0.2, 0.25) is 0 Å². The summed E-state index contributed by atoms with van der Waals surface area (Å²) < 4.78 is 5.34. The highest BCUT2D eigenvalue weighted by Crippen LogP contribution is 2.37. The first-order valence-corrected chi connectivity index (χ1v) is 7.19. The van der Waals surface area contributed by atoms with Crippen molar-refractivity contribution >= 4 is 5.69 Å². The monoisotopic (exact) mass is 262 g/mol. The molecule has 2 atom stereocenters. The molecule has 1 aromatic rings. The van der Waals surface area contributed by atoms with Gasteiger partial charge in [-0.25, -0.2) is 0 Å². The summed E-state index contributed by atoms with van der Waals surface area (Å²) in [5.74, 6) is 0.963. The molecule has 3 nitrogen and oxygen atoms in total. The van der Waals surface area contributed by atoms with E-state index in [-0.39, 0.29) is 0 Å². The molecule has 19 heavy (non-hydrogen) atoms. The van der Waals surface area contributed by atoms with Crippen LogP contribution >= 0.6 is 0 Å². The highest BCUT2D eigenvalue weighted by Gasteiger charge is 2.31. The second-order valence-electron chi connectivity index (χ2n) is 5.78. The Morgan fingerprint density at radius 2 is 2.11 bits per heavy atom. The Balaban J connectivity index is 2.25. The van der Waals surface area contributed by atoms with Gasteiger partial charge >= 0.3 is 0 Å². The van der Waals surface area contributed by atoms with Crippen LogP contribution in [0.5, 0.6) is 5.75 Å². The maximum Gasteiger partial charge on any atom is 0.119 e. The van der Waals surface area contributed by atoms with Crippen LogP contribution in [-0.4, -0.2) is 32.3 Å². The summed E-state index contributed by atoms with van der Waals surface area (Å²) >= 11 is 0. The number of fused-ring (bicyclic) bond motifs is 1. The van der Waals surface area contributed by atoms with Crippen LogP contribution in [0.2, 0.25) is 0 Å². The fraction of sp³-hybridized carbons (Fsp3) is 0.625. The largest absolute Gasteiger partial charge is 0.497 e. The van der Waals surface area contributed by atoms with Crippen molar-refractivity contribution in [1.29, 1.82) is 0 Å². The van der Waals surface area contributed by atoms with E-state index < -0.39 is 0 Å². The predicted molar refractivity (Wildman–Crippen MR) is 81.2 cm³/mol. The van der Waals surface area contributed by atoms with Gasteiger partial charge in [0.05, 0.1) is 7.11 Å². The molecule has 0 aromatic heterocycles. The van der Waals surface area contributed by atoms with Gasteiger partial charge in [-0.15, -0.1) is 0 Å². The lowest BCUT2D eigenvalue weighted by Gasteiger charge is -2.33.